The summed E-state index contributed by atoms with van der Waals surface area (Å²) >= 11 is 0. The van der Waals surface area contributed by atoms with Crippen molar-refractivity contribution in [3.63, 3.8) is 0 Å². The van der Waals surface area contributed by atoms with Crippen LogP contribution >= 0.6 is 0 Å². The van der Waals surface area contributed by atoms with Crippen LogP contribution in [0.25, 0.3) is 0 Å². The minimum Gasteiger partial charge on any atom is -0.338 e. The normalized spacial score (nSPS) is 17.4. The predicted octanol–water partition coefficient (Wildman–Crippen LogP) is 2.71. The Labute approximate surface area is 152 Å². The molecular formula is C20H34N4O. The van der Waals surface area contributed by atoms with E-state index in [1.165, 1.54) is 5.56 Å². The number of rotatable bonds is 8. The van der Waals surface area contributed by atoms with E-state index >= 15 is 0 Å². The molecule has 0 aromatic heterocycles. The maximum Gasteiger partial charge on any atom is 0.314 e. The van der Waals surface area contributed by atoms with Crippen molar-refractivity contribution in [2.24, 2.45) is 5.92 Å². The minimum atomic E-state index is -0.0613. The summed E-state index contributed by atoms with van der Waals surface area (Å²) in [5.74, 6) is 0.604. The maximum absolute atomic E-state index is 12.1. The molecule has 2 N–H and O–H groups in total. The number of hydrogen-bond acceptors (Lipinski definition) is 3. The van der Waals surface area contributed by atoms with Crippen molar-refractivity contribution in [3.05, 3.63) is 35.9 Å². The number of urea groups is 1. The monoisotopic (exact) mass is 346 g/mol. The molecule has 25 heavy (non-hydrogen) atoms. The number of carbonyl (C=O) groups excluding carboxylic acids is 1. The van der Waals surface area contributed by atoms with Crippen molar-refractivity contribution >= 4 is 6.03 Å². The fourth-order valence-corrected chi connectivity index (χ4v) is 3.25. The van der Waals surface area contributed by atoms with Gasteiger partial charge < -0.3 is 15.5 Å². The second-order valence-corrected chi connectivity index (χ2v) is 7.22. The lowest BCUT2D eigenvalue weighted by atomic mass is 10.0. The van der Waals surface area contributed by atoms with Gasteiger partial charge in [-0.1, -0.05) is 51.1 Å². The molecule has 1 fully saturated rings. The van der Waals surface area contributed by atoms with Crippen LogP contribution in [0.2, 0.25) is 0 Å². The highest BCUT2D eigenvalue weighted by Gasteiger charge is 2.24. The van der Waals surface area contributed by atoms with Crippen LogP contribution in [0.5, 0.6) is 0 Å². The molecule has 1 atom stereocenters. The molecule has 1 aliphatic rings. The molecule has 5 heteroatoms. The Hall–Kier alpha value is -1.59. The van der Waals surface area contributed by atoms with Crippen LogP contribution in [-0.4, -0.2) is 61.6 Å². The number of carbonyl (C=O) groups is 1. The predicted molar refractivity (Wildman–Crippen MR) is 104 cm³/mol. The summed E-state index contributed by atoms with van der Waals surface area (Å²) < 4.78 is 0. The van der Waals surface area contributed by atoms with Crippen molar-refractivity contribution in [1.29, 1.82) is 0 Å². The first-order valence-electron chi connectivity index (χ1n) is 9.63. The zero-order valence-corrected chi connectivity index (χ0v) is 16.0. The van der Waals surface area contributed by atoms with E-state index in [2.05, 4.69) is 65.5 Å². The van der Waals surface area contributed by atoms with Gasteiger partial charge in [0.2, 0.25) is 0 Å². The van der Waals surface area contributed by atoms with E-state index < -0.39 is 0 Å². The van der Waals surface area contributed by atoms with Crippen LogP contribution < -0.4 is 10.6 Å². The van der Waals surface area contributed by atoms with E-state index in [4.69, 9.17) is 0 Å². The number of benzene rings is 1. The second kappa shape index (κ2) is 10.4. The quantitative estimate of drug-likeness (QED) is 0.761. The minimum absolute atomic E-state index is 0.0613. The molecule has 1 aliphatic heterocycles. The first kappa shape index (κ1) is 19.7. The van der Waals surface area contributed by atoms with Gasteiger partial charge in [0.25, 0.3) is 0 Å². The third kappa shape index (κ3) is 6.67. The molecule has 0 radical (unpaired) electrons. The maximum atomic E-state index is 12.1. The molecule has 2 amide bonds. The summed E-state index contributed by atoms with van der Waals surface area (Å²) in [6.07, 6.45) is 1.01. The fourth-order valence-electron chi connectivity index (χ4n) is 3.25. The Kier molecular flexibility index (Phi) is 8.22. The van der Waals surface area contributed by atoms with Crippen LogP contribution in [0.4, 0.5) is 4.79 Å². The average molecular weight is 347 g/mol. The van der Waals surface area contributed by atoms with Gasteiger partial charge in [0.15, 0.2) is 0 Å². The average Bonchev–Trinajstić information content (AvgIpc) is 2.63. The van der Waals surface area contributed by atoms with E-state index in [0.29, 0.717) is 12.5 Å². The van der Waals surface area contributed by atoms with Crippen LogP contribution in [0.15, 0.2) is 30.3 Å². The van der Waals surface area contributed by atoms with E-state index in [1.807, 2.05) is 6.07 Å². The molecule has 1 aromatic rings. The van der Waals surface area contributed by atoms with Crippen molar-refractivity contribution in [3.8, 4) is 0 Å². The van der Waals surface area contributed by atoms with Crippen LogP contribution in [-0.2, 0) is 0 Å². The van der Waals surface area contributed by atoms with E-state index in [1.54, 1.807) is 0 Å². The largest absolute Gasteiger partial charge is 0.338 e. The Balaban J connectivity index is 1.90. The topological polar surface area (TPSA) is 47.6 Å². The van der Waals surface area contributed by atoms with Crippen molar-refractivity contribution in [2.75, 3.05) is 45.8 Å². The number of likely N-dealkylation sites (N-methyl/N-ethyl adjacent to an activating group) is 1. The van der Waals surface area contributed by atoms with Crippen molar-refractivity contribution < 1.29 is 4.79 Å². The lowest BCUT2D eigenvalue weighted by Gasteiger charge is -2.39. The Morgan fingerprint density at radius 2 is 1.76 bits per heavy atom. The molecule has 0 bridgehead atoms. The third-order valence-corrected chi connectivity index (χ3v) is 4.94. The highest BCUT2D eigenvalue weighted by atomic mass is 16.2. The zero-order chi connectivity index (χ0) is 18.1. The summed E-state index contributed by atoms with van der Waals surface area (Å²) in [5, 5.41) is 6.04. The first-order valence-corrected chi connectivity index (χ1v) is 9.63. The van der Waals surface area contributed by atoms with Gasteiger partial charge in [-0.15, -0.1) is 0 Å². The second-order valence-electron chi connectivity index (χ2n) is 7.22. The molecule has 2 rings (SSSR count). The standard InChI is InChI=1S/C20H34N4O/c1-4-23-12-14-24(15-13-23)19(18-8-6-5-7-9-18)16-22-20(25)21-11-10-17(2)3/h5-9,17,19H,4,10-16H2,1-3H3,(H2,21,22,25). The number of piperazine rings is 1. The molecule has 1 aromatic carbocycles. The number of hydrogen-bond donors (Lipinski definition) is 2. The van der Waals surface area contributed by atoms with Gasteiger partial charge in [-0.25, -0.2) is 4.79 Å². The summed E-state index contributed by atoms with van der Waals surface area (Å²) in [4.78, 5) is 17.1. The van der Waals surface area contributed by atoms with Crippen molar-refractivity contribution in [2.45, 2.75) is 33.2 Å². The SMILES string of the molecule is CCN1CCN(C(CNC(=O)NCCC(C)C)c2ccccc2)CC1. The van der Waals surface area contributed by atoms with Gasteiger partial charge in [0, 0.05) is 39.3 Å². The molecule has 1 saturated heterocycles. The van der Waals surface area contributed by atoms with Gasteiger partial charge >= 0.3 is 6.03 Å². The van der Waals surface area contributed by atoms with Crippen LogP contribution in [0.1, 0.15) is 38.8 Å². The van der Waals surface area contributed by atoms with Crippen LogP contribution in [0, 0.1) is 5.92 Å². The highest BCUT2D eigenvalue weighted by Crippen LogP contribution is 2.21. The number of nitrogens with zero attached hydrogens (tertiary/aromatic N) is 2. The van der Waals surface area contributed by atoms with Crippen LogP contribution in [0.3, 0.4) is 0 Å². The molecule has 5 nitrogen and oxygen atoms in total. The zero-order valence-electron chi connectivity index (χ0n) is 16.0. The summed E-state index contributed by atoms with van der Waals surface area (Å²) in [7, 11) is 0. The van der Waals surface area contributed by atoms with Gasteiger partial charge in [-0.05, 0) is 24.4 Å². The van der Waals surface area contributed by atoms with Crippen molar-refractivity contribution in [1.82, 2.24) is 20.4 Å². The molecule has 0 spiro atoms. The molecule has 1 unspecified atom stereocenters. The molecule has 140 valence electrons. The Bertz CT molecular complexity index is 498. The van der Waals surface area contributed by atoms with E-state index in [-0.39, 0.29) is 12.1 Å². The van der Waals surface area contributed by atoms with E-state index in [0.717, 1.165) is 45.7 Å². The molecule has 0 saturated carbocycles. The lowest BCUT2D eigenvalue weighted by Crippen LogP contribution is -2.50. The van der Waals surface area contributed by atoms with Gasteiger partial charge in [-0.3, -0.25) is 4.90 Å². The lowest BCUT2D eigenvalue weighted by molar-refractivity contribution is 0.0990. The fraction of sp³-hybridized carbons (Fsp3) is 0.650. The molecular weight excluding hydrogens is 312 g/mol. The van der Waals surface area contributed by atoms with E-state index in [9.17, 15) is 4.79 Å². The summed E-state index contributed by atoms with van der Waals surface area (Å²) in [5.41, 5.74) is 1.27. The highest BCUT2D eigenvalue weighted by molar-refractivity contribution is 5.73. The Morgan fingerprint density at radius 1 is 1.08 bits per heavy atom. The molecule has 1 heterocycles. The van der Waals surface area contributed by atoms with Gasteiger partial charge in [0.05, 0.1) is 6.04 Å². The number of amides is 2. The number of nitrogens with one attached hydrogen (secondary N) is 2. The van der Waals surface area contributed by atoms with Gasteiger partial charge in [0.1, 0.15) is 0 Å². The third-order valence-electron chi connectivity index (χ3n) is 4.94. The van der Waals surface area contributed by atoms with Gasteiger partial charge in [-0.2, -0.15) is 0 Å². The smallest absolute Gasteiger partial charge is 0.314 e. The Morgan fingerprint density at radius 3 is 2.36 bits per heavy atom. The summed E-state index contributed by atoms with van der Waals surface area (Å²) in [6.45, 7) is 13.3. The first-order chi connectivity index (χ1) is 12.1. The summed E-state index contributed by atoms with van der Waals surface area (Å²) in [6, 6.07) is 10.7. The molecule has 0 aliphatic carbocycles.